The zero-order valence-corrected chi connectivity index (χ0v) is 16.6. The van der Waals surface area contributed by atoms with Crippen molar-refractivity contribution in [1.82, 2.24) is 4.98 Å². The molecule has 0 unspecified atom stereocenters. The Morgan fingerprint density at radius 2 is 1.83 bits per heavy atom. The van der Waals surface area contributed by atoms with Crippen LogP contribution in [0.15, 0.2) is 57.7 Å². The number of carbonyl (C=O) groups is 1. The molecule has 0 atom stereocenters. The van der Waals surface area contributed by atoms with E-state index >= 15 is 0 Å². The molecule has 2 heterocycles. The third-order valence-electron chi connectivity index (χ3n) is 4.72. The molecule has 7 nitrogen and oxygen atoms in total. The minimum absolute atomic E-state index is 0.00252. The summed E-state index contributed by atoms with van der Waals surface area (Å²) in [6, 6.07) is 14.2. The van der Waals surface area contributed by atoms with Crippen LogP contribution >= 0.6 is 0 Å². The zero-order chi connectivity index (χ0) is 21.3. The van der Waals surface area contributed by atoms with Crippen molar-refractivity contribution < 1.29 is 18.7 Å². The van der Waals surface area contributed by atoms with Crippen LogP contribution in [0.25, 0.3) is 33.2 Å². The highest BCUT2D eigenvalue weighted by molar-refractivity contribution is 6.12. The summed E-state index contributed by atoms with van der Waals surface area (Å²) >= 11 is 0. The molecule has 0 fully saturated rings. The van der Waals surface area contributed by atoms with Crippen LogP contribution in [-0.4, -0.2) is 30.1 Å². The van der Waals surface area contributed by atoms with Gasteiger partial charge in [0.15, 0.2) is 5.58 Å². The number of aromatic amines is 1. The van der Waals surface area contributed by atoms with E-state index in [1.165, 1.54) is 0 Å². The van der Waals surface area contributed by atoms with Gasteiger partial charge in [-0.3, -0.25) is 10.2 Å². The molecule has 7 heteroatoms. The van der Waals surface area contributed by atoms with Crippen molar-refractivity contribution in [3.63, 3.8) is 0 Å². The normalized spacial score (nSPS) is 11.0. The van der Waals surface area contributed by atoms with Crippen LogP contribution in [0, 0.1) is 5.41 Å². The number of para-hydroxylation sites is 1. The highest BCUT2D eigenvalue weighted by Crippen LogP contribution is 2.36. The van der Waals surface area contributed by atoms with Gasteiger partial charge in [0.05, 0.1) is 18.7 Å². The van der Waals surface area contributed by atoms with E-state index in [-0.39, 0.29) is 18.1 Å². The Bertz CT molecular complexity index is 1330. The topological polar surface area (TPSA) is 105 Å². The Balaban J connectivity index is 2.07. The van der Waals surface area contributed by atoms with Crippen molar-refractivity contribution in [2.24, 2.45) is 0 Å². The number of hydrogen-bond donors (Lipinski definition) is 2. The van der Waals surface area contributed by atoms with Crippen molar-refractivity contribution in [1.29, 1.82) is 5.41 Å². The van der Waals surface area contributed by atoms with Crippen LogP contribution < -0.4 is 5.56 Å². The number of furan rings is 1. The van der Waals surface area contributed by atoms with E-state index in [0.29, 0.717) is 40.0 Å². The van der Waals surface area contributed by atoms with Gasteiger partial charge in [0, 0.05) is 16.5 Å². The van der Waals surface area contributed by atoms with Gasteiger partial charge in [-0.25, -0.2) is 4.79 Å². The Hall–Kier alpha value is -3.87. The van der Waals surface area contributed by atoms with Gasteiger partial charge in [-0.05, 0) is 43.7 Å². The third-order valence-corrected chi connectivity index (χ3v) is 4.72. The van der Waals surface area contributed by atoms with Gasteiger partial charge >= 0.3 is 5.97 Å². The number of fused-ring (bicyclic) bond motifs is 3. The highest BCUT2D eigenvalue weighted by atomic mass is 16.5. The molecule has 2 N–H and O–H groups in total. The van der Waals surface area contributed by atoms with Gasteiger partial charge in [0.2, 0.25) is 5.90 Å². The molecule has 0 aliphatic carbocycles. The predicted octanol–water partition coefficient (Wildman–Crippen LogP) is 4.48. The van der Waals surface area contributed by atoms with Gasteiger partial charge in [-0.1, -0.05) is 24.3 Å². The van der Waals surface area contributed by atoms with Crippen LogP contribution in [0.1, 0.15) is 29.8 Å². The first kappa shape index (κ1) is 19.4. The number of carbonyl (C=O) groups excluding carboxylic acids is 1. The summed E-state index contributed by atoms with van der Waals surface area (Å²) in [4.78, 5) is 28.4. The zero-order valence-electron chi connectivity index (χ0n) is 16.6. The summed E-state index contributed by atoms with van der Waals surface area (Å²) in [6.45, 7) is 3.96. The minimum atomic E-state index is -0.735. The summed E-state index contributed by atoms with van der Waals surface area (Å²) in [5, 5.41) is 8.82. The molecule has 0 spiro atoms. The molecule has 2 aromatic carbocycles. The fraction of sp³-hybridized carbons (Fsp3) is 0.174. The van der Waals surface area contributed by atoms with E-state index in [0.717, 1.165) is 5.39 Å². The molecule has 30 heavy (non-hydrogen) atoms. The van der Waals surface area contributed by atoms with Crippen LogP contribution in [0.3, 0.4) is 0 Å². The lowest BCUT2D eigenvalue weighted by molar-refractivity contribution is 0.0525. The number of ether oxygens (including phenoxy) is 2. The molecule has 0 bridgehead atoms. The quantitative estimate of drug-likeness (QED) is 0.290. The first-order valence-corrected chi connectivity index (χ1v) is 9.62. The SMILES string of the molecule is CCOC(=N)c1cccc(-c2c(C(=O)OCC)c(=O)[nH]c3c2oc2ccccc23)c1. The average Bonchev–Trinajstić information content (AvgIpc) is 3.11. The second kappa shape index (κ2) is 7.87. The van der Waals surface area contributed by atoms with Gasteiger partial charge < -0.3 is 18.9 Å². The molecule has 2 aromatic heterocycles. The first-order chi connectivity index (χ1) is 14.5. The van der Waals surface area contributed by atoms with E-state index in [1.54, 1.807) is 44.2 Å². The van der Waals surface area contributed by atoms with Gasteiger partial charge in [0.1, 0.15) is 11.1 Å². The molecule has 0 radical (unpaired) electrons. The average molecular weight is 404 g/mol. The van der Waals surface area contributed by atoms with E-state index < -0.39 is 11.5 Å². The Morgan fingerprint density at radius 1 is 1.07 bits per heavy atom. The lowest BCUT2D eigenvalue weighted by Gasteiger charge is -2.11. The fourth-order valence-electron chi connectivity index (χ4n) is 3.47. The maximum Gasteiger partial charge on any atom is 0.344 e. The molecular formula is C23H20N2O5. The van der Waals surface area contributed by atoms with Crippen LogP contribution in [0.5, 0.6) is 0 Å². The molecule has 0 saturated heterocycles. The molecule has 0 saturated carbocycles. The molecule has 4 rings (SSSR count). The molecular weight excluding hydrogens is 384 g/mol. The second-order valence-electron chi connectivity index (χ2n) is 6.57. The number of esters is 1. The summed E-state index contributed by atoms with van der Waals surface area (Å²) in [6.07, 6.45) is 0. The summed E-state index contributed by atoms with van der Waals surface area (Å²) in [5.74, 6) is -0.732. The van der Waals surface area contributed by atoms with Gasteiger partial charge in [0.25, 0.3) is 5.56 Å². The lowest BCUT2D eigenvalue weighted by atomic mass is 9.98. The van der Waals surface area contributed by atoms with E-state index in [1.807, 2.05) is 18.2 Å². The van der Waals surface area contributed by atoms with Gasteiger partial charge in [-0.15, -0.1) is 0 Å². The molecule has 0 aliphatic rings. The number of hydrogen-bond acceptors (Lipinski definition) is 6. The van der Waals surface area contributed by atoms with Crippen LogP contribution in [0.2, 0.25) is 0 Å². The first-order valence-electron chi connectivity index (χ1n) is 9.62. The maximum absolute atomic E-state index is 12.9. The highest BCUT2D eigenvalue weighted by Gasteiger charge is 2.25. The monoisotopic (exact) mass is 404 g/mol. The molecule has 152 valence electrons. The van der Waals surface area contributed by atoms with Crippen molar-refractivity contribution in [2.45, 2.75) is 13.8 Å². The van der Waals surface area contributed by atoms with Crippen molar-refractivity contribution in [3.05, 3.63) is 70.0 Å². The summed E-state index contributed by atoms with van der Waals surface area (Å²) < 4.78 is 16.5. The minimum Gasteiger partial charge on any atom is -0.478 e. The standard InChI is InChI=1S/C23H20N2O5/c1-3-28-21(24)14-9-7-8-13(12-14)17-18(23(27)29-4-2)22(26)25-19-15-10-5-6-11-16(15)30-20(17)19/h5-12,24H,3-4H2,1-2H3,(H,25,26). The third kappa shape index (κ3) is 3.24. The predicted molar refractivity (Wildman–Crippen MR) is 114 cm³/mol. The Kier molecular flexibility index (Phi) is 5.10. The van der Waals surface area contributed by atoms with Crippen molar-refractivity contribution >= 4 is 33.9 Å². The number of H-pyrrole nitrogens is 1. The van der Waals surface area contributed by atoms with Crippen LogP contribution in [0.4, 0.5) is 0 Å². The van der Waals surface area contributed by atoms with E-state index in [9.17, 15) is 9.59 Å². The van der Waals surface area contributed by atoms with Crippen molar-refractivity contribution in [3.8, 4) is 11.1 Å². The van der Waals surface area contributed by atoms with Crippen molar-refractivity contribution in [2.75, 3.05) is 13.2 Å². The summed E-state index contributed by atoms with van der Waals surface area (Å²) in [7, 11) is 0. The molecule has 0 aliphatic heterocycles. The number of rotatable bonds is 5. The second-order valence-corrected chi connectivity index (χ2v) is 6.57. The number of nitrogens with one attached hydrogen (secondary N) is 2. The number of aromatic nitrogens is 1. The van der Waals surface area contributed by atoms with Gasteiger partial charge in [-0.2, -0.15) is 0 Å². The number of benzene rings is 2. The fourth-order valence-corrected chi connectivity index (χ4v) is 3.47. The van der Waals surface area contributed by atoms with E-state index in [4.69, 9.17) is 19.3 Å². The Labute approximate surface area is 171 Å². The smallest absolute Gasteiger partial charge is 0.344 e. The van der Waals surface area contributed by atoms with E-state index in [2.05, 4.69) is 4.98 Å². The molecule has 0 amide bonds. The Morgan fingerprint density at radius 3 is 2.60 bits per heavy atom. The van der Waals surface area contributed by atoms with Crippen LogP contribution in [-0.2, 0) is 9.47 Å². The summed E-state index contributed by atoms with van der Waals surface area (Å²) in [5.41, 5.74) is 2.17. The molecule has 4 aromatic rings. The number of pyridine rings is 1. The lowest BCUT2D eigenvalue weighted by Crippen LogP contribution is -2.21. The maximum atomic E-state index is 12.9. The largest absolute Gasteiger partial charge is 0.478 e.